The number of aromatic nitrogens is 1. The fourth-order valence-electron chi connectivity index (χ4n) is 2.24. The van der Waals surface area contributed by atoms with Gasteiger partial charge in [-0.25, -0.2) is 4.98 Å². The Morgan fingerprint density at radius 2 is 1.95 bits per heavy atom. The van der Waals surface area contributed by atoms with Crippen LogP contribution in [0.25, 0.3) is 0 Å². The summed E-state index contributed by atoms with van der Waals surface area (Å²) in [5.74, 6) is 0.704. The van der Waals surface area contributed by atoms with Crippen molar-refractivity contribution in [2.24, 2.45) is 0 Å². The number of Topliss-reactive ketones (excluding diaryl/α,β-unsaturated/α-hetero) is 1. The normalized spacial score (nSPS) is 15.3. The molecule has 0 bridgehead atoms. The molecule has 0 aliphatic heterocycles. The second-order valence-electron chi connectivity index (χ2n) is 4.70. The van der Waals surface area contributed by atoms with Crippen LogP contribution in [0.4, 0.5) is 11.5 Å². The second kappa shape index (κ2) is 7.77. The lowest BCUT2D eigenvalue weighted by molar-refractivity contribution is 0.101. The predicted octanol–water partition coefficient (Wildman–Crippen LogP) is 3.64. The number of carbonyl (C=O) groups excluding carboxylic acids is 1. The van der Waals surface area contributed by atoms with Gasteiger partial charge < -0.3 is 11.1 Å². The molecule has 0 saturated heterocycles. The number of rotatable bonds is 3. The molecule has 4 nitrogen and oxygen atoms in total. The Morgan fingerprint density at radius 1 is 1.32 bits per heavy atom. The predicted molar refractivity (Wildman–Crippen MR) is 80.5 cm³/mol. The van der Waals surface area contributed by atoms with Crippen molar-refractivity contribution in [2.75, 3.05) is 11.1 Å². The van der Waals surface area contributed by atoms with E-state index in [0.717, 1.165) is 0 Å². The quantitative estimate of drug-likeness (QED) is 0.817. The molecule has 0 aromatic carbocycles. The maximum absolute atomic E-state index is 11.2. The summed E-state index contributed by atoms with van der Waals surface area (Å²) in [5.41, 5.74) is 7.02. The molecular weight excluding hydrogens is 238 g/mol. The summed E-state index contributed by atoms with van der Waals surface area (Å²) < 4.78 is 0. The van der Waals surface area contributed by atoms with Gasteiger partial charge in [-0.2, -0.15) is 0 Å². The number of hydrogen-bond donors (Lipinski definition) is 2. The van der Waals surface area contributed by atoms with Crippen LogP contribution in [0.15, 0.2) is 12.3 Å². The molecule has 19 heavy (non-hydrogen) atoms. The van der Waals surface area contributed by atoms with E-state index in [1.54, 1.807) is 12.3 Å². The first-order chi connectivity index (χ1) is 9.16. The number of nitrogens with two attached hydrogens (primary N) is 1. The lowest BCUT2D eigenvalue weighted by Crippen LogP contribution is -2.23. The van der Waals surface area contributed by atoms with Gasteiger partial charge in [-0.3, -0.25) is 4.79 Å². The van der Waals surface area contributed by atoms with Crippen molar-refractivity contribution in [1.29, 1.82) is 0 Å². The minimum Gasteiger partial charge on any atom is -0.396 e. The topological polar surface area (TPSA) is 68.0 Å². The van der Waals surface area contributed by atoms with E-state index in [0.29, 0.717) is 23.1 Å². The molecule has 0 unspecified atom stereocenters. The van der Waals surface area contributed by atoms with Crippen molar-refractivity contribution in [3.05, 3.63) is 17.8 Å². The summed E-state index contributed by atoms with van der Waals surface area (Å²) in [4.78, 5) is 15.4. The number of nitrogens with one attached hydrogen (secondary N) is 1. The van der Waals surface area contributed by atoms with Crippen LogP contribution >= 0.6 is 0 Å². The lowest BCUT2D eigenvalue weighted by Gasteiger charge is -2.23. The number of ketones is 1. The summed E-state index contributed by atoms with van der Waals surface area (Å²) in [5, 5.41) is 3.37. The van der Waals surface area contributed by atoms with Gasteiger partial charge in [0, 0.05) is 17.8 Å². The lowest BCUT2D eigenvalue weighted by atomic mass is 9.95. The Balaban J connectivity index is 0.000000861. The minimum absolute atomic E-state index is 0.00610. The van der Waals surface area contributed by atoms with Gasteiger partial charge >= 0.3 is 0 Å². The number of nitrogens with zero attached hydrogens (tertiary/aromatic N) is 1. The fraction of sp³-hybridized carbons (Fsp3) is 0.600. The molecule has 106 valence electrons. The smallest absolute Gasteiger partial charge is 0.161 e. The molecule has 1 heterocycles. The molecule has 0 amide bonds. The highest BCUT2D eigenvalue weighted by Crippen LogP contribution is 2.24. The summed E-state index contributed by atoms with van der Waals surface area (Å²) in [7, 11) is 0. The van der Waals surface area contributed by atoms with Crippen LogP contribution in [0.5, 0.6) is 0 Å². The van der Waals surface area contributed by atoms with Crippen LogP contribution < -0.4 is 11.1 Å². The van der Waals surface area contributed by atoms with Crippen molar-refractivity contribution in [3.63, 3.8) is 0 Å². The molecule has 1 fully saturated rings. The monoisotopic (exact) mass is 263 g/mol. The van der Waals surface area contributed by atoms with Gasteiger partial charge in [0.2, 0.25) is 0 Å². The zero-order chi connectivity index (χ0) is 14.3. The van der Waals surface area contributed by atoms with Gasteiger partial charge in [0.15, 0.2) is 5.78 Å². The van der Waals surface area contributed by atoms with Gasteiger partial charge in [0.1, 0.15) is 5.82 Å². The van der Waals surface area contributed by atoms with Crippen LogP contribution in [0.1, 0.15) is 63.2 Å². The number of nitrogen functional groups attached to an aromatic ring is 1. The summed E-state index contributed by atoms with van der Waals surface area (Å²) in [6.07, 6.45) is 7.80. The van der Waals surface area contributed by atoms with Crippen LogP contribution in [0.3, 0.4) is 0 Å². The number of carbonyl (C=O) groups is 1. The van der Waals surface area contributed by atoms with Crippen molar-refractivity contribution in [2.45, 2.75) is 58.9 Å². The van der Waals surface area contributed by atoms with E-state index >= 15 is 0 Å². The van der Waals surface area contributed by atoms with E-state index in [1.165, 1.54) is 39.0 Å². The average molecular weight is 263 g/mol. The fourth-order valence-corrected chi connectivity index (χ4v) is 2.24. The molecule has 0 radical (unpaired) electrons. The third-order valence-corrected chi connectivity index (χ3v) is 3.27. The van der Waals surface area contributed by atoms with Crippen molar-refractivity contribution in [3.8, 4) is 0 Å². The van der Waals surface area contributed by atoms with Gasteiger partial charge in [-0.15, -0.1) is 0 Å². The zero-order valence-electron chi connectivity index (χ0n) is 12.2. The summed E-state index contributed by atoms with van der Waals surface area (Å²) >= 11 is 0. The Kier molecular flexibility index (Phi) is 6.33. The molecule has 0 atom stereocenters. The Morgan fingerprint density at radius 3 is 2.47 bits per heavy atom. The molecule has 0 spiro atoms. The number of anilines is 2. The Hall–Kier alpha value is -1.58. The number of hydrogen-bond acceptors (Lipinski definition) is 4. The van der Waals surface area contributed by atoms with Gasteiger partial charge in [0.25, 0.3) is 0 Å². The SMILES string of the molecule is CC.CC(=O)c1cnc(NC2CCCCC2)c(N)c1. The molecule has 1 aromatic rings. The minimum atomic E-state index is -0.00610. The van der Waals surface area contributed by atoms with Crippen LogP contribution in [0, 0.1) is 0 Å². The summed E-state index contributed by atoms with van der Waals surface area (Å²) in [6, 6.07) is 2.17. The van der Waals surface area contributed by atoms with Crippen molar-refractivity contribution >= 4 is 17.3 Å². The van der Waals surface area contributed by atoms with Crippen molar-refractivity contribution in [1.82, 2.24) is 4.98 Å². The third-order valence-electron chi connectivity index (χ3n) is 3.27. The summed E-state index contributed by atoms with van der Waals surface area (Å²) in [6.45, 7) is 5.52. The molecule has 1 aromatic heterocycles. The van der Waals surface area contributed by atoms with E-state index in [4.69, 9.17) is 5.73 Å². The largest absolute Gasteiger partial charge is 0.396 e. The molecule has 4 heteroatoms. The second-order valence-corrected chi connectivity index (χ2v) is 4.70. The van der Waals surface area contributed by atoms with E-state index < -0.39 is 0 Å². The molecule has 1 aliphatic carbocycles. The highest BCUT2D eigenvalue weighted by atomic mass is 16.1. The van der Waals surface area contributed by atoms with Crippen LogP contribution in [-0.4, -0.2) is 16.8 Å². The first-order valence-corrected chi connectivity index (χ1v) is 7.20. The zero-order valence-corrected chi connectivity index (χ0v) is 12.2. The van der Waals surface area contributed by atoms with Gasteiger partial charge in [-0.05, 0) is 25.8 Å². The highest BCUT2D eigenvalue weighted by Gasteiger charge is 2.15. The van der Waals surface area contributed by atoms with Gasteiger partial charge in [-0.1, -0.05) is 33.1 Å². The van der Waals surface area contributed by atoms with Crippen LogP contribution in [0.2, 0.25) is 0 Å². The molecule has 1 saturated carbocycles. The van der Waals surface area contributed by atoms with E-state index in [2.05, 4.69) is 10.3 Å². The third kappa shape index (κ3) is 4.54. The van der Waals surface area contributed by atoms with E-state index in [9.17, 15) is 4.79 Å². The van der Waals surface area contributed by atoms with Crippen LogP contribution in [-0.2, 0) is 0 Å². The van der Waals surface area contributed by atoms with Crippen molar-refractivity contribution < 1.29 is 4.79 Å². The molecule has 3 N–H and O–H groups in total. The van der Waals surface area contributed by atoms with E-state index in [1.807, 2.05) is 13.8 Å². The van der Waals surface area contributed by atoms with Gasteiger partial charge in [0.05, 0.1) is 5.69 Å². The molecule has 2 rings (SSSR count). The molecule has 1 aliphatic rings. The first kappa shape index (κ1) is 15.5. The average Bonchev–Trinajstić information content (AvgIpc) is 2.44. The number of pyridine rings is 1. The first-order valence-electron chi connectivity index (χ1n) is 7.20. The maximum Gasteiger partial charge on any atom is 0.161 e. The standard InChI is InChI=1S/C13H19N3O.C2H6/c1-9(17)10-7-12(14)13(15-8-10)16-11-5-3-2-4-6-11;1-2/h7-8,11H,2-6,14H2,1H3,(H,15,16);1-2H3. The maximum atomic E-state index is 11.2. The Bertz CT molecular complexity index is 412. The molecular formula is C15H25N3O. The highest BCUT2D eigenvalue weighted by molar-refractivity contribution is 5.95. The van der Waals surface area contributed by atoms with E-state index in [-0.39, 0.29) is 5.78 Å². The Labute approximate surface area is 115 Å².